The molecule has 0 aliphatic carbocycles. The van der Waals surface area contributed by atoms with Crippen molar-refractivity contribution in [3.05, 3.63) is 63.5 Å². The van der Waals surface area contributed by atoms with E-state index in [4.69, 9.17) is 14.0 Å². The molecule has 1 amide bonds. The number of carbonyl (C=O) groups is 1. The van der Waals surface area contributed by atoms with Crippen LogP contribution in [-0.2, 0) is 6.54 Å². The van der Waals surface area contributed by atoms with Gasteiger partial charge in [-0.3, -0.25) is 14.9 Å². The fourth-order valence-electron chi connectivity index (χ4n) is 2.90. The number of aryl methyl sites for hydroxylation is 1. The molecule has 30 heavy (non-hydrogen) atoms. The van der Waals surface area contributed by atoms with Crippen LogP contribution in [-0.4, -0.2) is 47.1 Å². The number of nitro benzene ring substituents is 1. The maximum Gasteiger partial charge on any atom is 0.272 e. The SMILES string of the molecule is COc1ccc(-c2noc(CN(C)C(=O)c3ccc([N+](=O)[O-])c(C)c3)n2)c(OC)c1. The van der Waals surface area contributed by atoms with E-state index >= 15 is 0 Å². The molecule has 1 heterocycles. The number of benzene rings is 2. The van der Waals surface area contributed by atoms with Crippen LogP contribution >= 0.6 is 0 Å². The molecule has 0 saturated carbocycles. The molecule has 1 aromatic heterocycles. The Morgan fingerprint density at radius 1 is 1.20 bits per heavy atom. The predicted molar refractivity (Wildman–Crippen MR) is 106 cm³/mol. The van der Waals surface area contributed by atoms with Gasteiger partial charge in [0.15, 0.2) is 0 Å². The van der Waals surface area contributed by atoms with Crippen molar-refractivity contribution in [2.24, 2.45) is 0 Å². The molecule has 0 aliphatic rings. The van der Waals surface area contributed by atoms with Crippen molar-refractivity contribution in [2.75, 3.05) is 21.3 Å². The lowest BCUT2D eigenvalue weighted by Gasteiger charge is -2.15. The molecule has 0 aliphatic heterocycles. The molecule has 0 N–H and O–H groups in total. The van der Waals surface area contributed by atoms with E-state index in [1.54, 1.807) is 39.3 Å². The van der Waals surface area contributed by atoms with Crippen LogP contribution < -0.4 is 9.47 Å². The van der Waals surface area contributed by atoms with Crippen molar-refractivity contribution in [2.45, 2.75) is 13.5 Å². The van der Waals surface area contributed by atoms with E-state index in [0.717, 1.165) is 0 Å². The first kappa shape index (κ1) is 20.8. The van der Waals surface area contributed by atoms with Crippen LogP contribution in [0.4, 0.5) is 5.69 Å². The quantitative estimate of drug-likeness (QED) is 0.428. The molecule has 3 rings (SSSR count). The van der Waals surface area contributed by atoms with Gasteiger partial charge >= 0.3 is 0 Å². The summed E-state index contributed by atoms with van der Waals surface area (Å²) in [6.07, 6.45) is 0. The van der Waals surface area contributed by atoms with E-state index < -0.39 is 4.92 Å². The maximum absolute atomic E-state index is 12.7. The summed E-state index contributed by atoms with van der Waals surface area (Å²) < 4.78 is 15.8. The number of nitrogens with zero attached hydrogens (tertiary/aromatic N) is 4. The second-order valence-corrected chi connectivity index (χ2v) is 6.50. The van der Waals surface area contributed by atoms with Crippen molar-refractivity contribution < 1.29 is 23.7 Å². The molecule has 0 atom stereocenters. The minimum Gasteiger partial charge on any atom is -0.497 e. The lowest BCUT2D eigenvalue weighted by atomic mass is 10.1. The molecule has 156 valence electrons. The van der Waals surface area contributed by atoms with Gasteiger partial charge in [-0.1, -0.05) is 5.16 Å². The third-order valence-corrected chi connectivity index (χ3v) is 4.48. The highest BCUT2D eigenvalue weighted by Crippen LogP contribution is 2.31. The third-order valence-electron chi connectivity index (χ3n) is 4.48. The smallest absolute Gasteiger partial charge is 0.272 e. The molecule has 0 fully saturated rings. The van der Waals surface area contributed by atoms with Gasteiger partial charge in [-0.05, 0) is 31.2 Å². The van der Waals surface area contributed by atoms with Crippen molar-refractivity contribution >= 4 is 11.6 Å². The zero-order valence-corrected chi connectivity index (χ0v) is 16.9. The average Bonchev–Trinajstić information content (AvgIpc) is 3.20. The number of rotatable bonds is 7. The zero-order chi connectivity index (χ0) is 21.8. The number of amides is 1. The fraction of sp³-hybridized carbons (Fsp3) is 0.250. The molecule has 0 saturated heterocycles. The summed E-state index contributed by atoms with van der Waals surface area (Å²) in [7, 11) is 4.66. The number of methoxy groups -OCH3 is 2. The molecule has 0 spiro atoms. The van der Waals surface area contributed by atoms with Crippen molar-refractivity contribution in [1.29, 1.82) is 0 Å². The van der Waals surface area contributed by atoms with Crippen LogP contribution in [0.3, 0.4) is 0 Å². The van der Waals surface area contributed by atoms with Gasteiger partial charge in [-0.25, -0.2) is 0 Å². The molecule has 0 unspecified atom stereocenters. The first-order valence-corrected chi connectivity index (χ1v) is 8.89. The summed E-state index contributed by atoms with van der Waals surface area (Å²) in [5.74, 6) is 1.37. The van der Waals surface area contributed by atoms with E-state index in [1.807, 2.05) is 0 Å². The largest absolute Gasteiger partial charge is 0.497 e. The topological polar surface area (TPSA) is 121 Å². The van der Waals surface area contributed by atoms with E-state index in [2.05, 4.69) is 10.1 Å². The maximum atomic E-state index is 12.7. The Hall–Kier alpha value is -3.95. The molecular weight excluding hydrogens is 392 g/mol. The summed E-state index contributed by atoms with van der Waals surface area (Å²) in [6, 6.07) is 9.43. The summed E-state index contributed by atoms with van der Waals surface area (Å²) in [6.45, 7) is 1.65. The van der Waals surface area contributed by atoms with Crippen LogP contribution in [0.15, 0.2) is 40.9 Å². The minimum absolute atomic E-state index is 0.0378. The lowest BCUT2D eigenvalue weighted by molar-refractivity contribution is -0.385. The Morgan fingerprint density at radius 3 is 2.60 bits per heavy atom. The Kier molecular flexibility index (Phi) is 5.95. The predicted octanol–water partition coefficient (Wildman–Crippen LogP) is 3.24. The zero-order valence-electron chi connectivity index (χ0n) is 16.9. The number of hydrogen-bond donors (Lipinski definition) is 0. The highest BCUT2D eigenvalue weighted by atomic mass is 16.6. The highest BCUT2D eigenvalue weighted by Gasteiger charge is 2.20. The van der Waals surface area contributed by atoms with Crippen LogP contribution in [0.5, 0.6) is 11.5 Å². The molecule has 10 nitrogen and oxygen atoms in total. The van der Waals surface area contributed by atoms with E-state index in [-0.39, 0.29) is 24.0 Å². The monoisotopic (exact) mass is 412 g/mol. The molecule has 0 radical (unpaired) electrons. The number of nitro groups is 1. The third kappa shape index (κ3) is 4.22. The first-order valence-electron chi connectivity index (χ1n) is 8.89. The van der Waals surface area contributed by atoms with Gasteiger partial charge < -0.3 is 18.9 Å². The van der Waals surface area contributed by atoms with Gasteiger partial charge in [0, 0.05) is 30.3 Å². The second kappa shape index (κ2) is 8.60. The normalized spacial score (nSPS) is 10.5. The number of hydrogen-bond acceptors (Lipinski definition) is 8. The summed E-state index contributed by atoms with van der Waals surface area (Å²) >= 11 is 0. The molecule has 3 aromatic rings. The Balaban J connectivity index is 1.76. The van der Waals surface area contributed by atoms with Gasteiger partial charge in [0.2, 0.25) is 11.7 Å². The van der Waals surface area contributed by atoms with Crippen molar-refractivity contribution in [3.8, 4) is 22.9 Å². The second-order valence-electron chi connectivity index (χ2n) is 6.50. The van der Waals surface area contributed by atoms with Gasteiger partial charge in [-0.15, -0.1) is 0 Å². The van der Waals surface area contributed by atoms with Crippen molar-refractivity contribution in [1.82, 2.24) is 15.0 Å². The number of aromatic nitrogens is 2. The van der Waals surface area contributed by atoms with E-state index in [0.29, 0.717) is 34.0 Å². The number of ether oxygens (including phenoxy) is 2. The van der Waals surface area contributed by atoms with Gasteiger partial charge in [0.25, 0.3) is 11.6 Å². The summed E-state index contributed by atoms with van der Waals surface area (Å²) in [5, 5.41) is 14.9. The Bertz CT molecular complexity index is 1090. The van der Waals surface area contributed by atoms with Crippen molar-refractivity contribution in [3.63, 3.8) is 0 Å². The van der Waals surface area contributed by atoms with Crippen LogP contribution in [0.25, 0.3) is 11.4 Å². The molecule has 10 heteroatoms. The van der Waals surface area contributed by atoms with Gasteiger partial charge in [0.1, 0.15) is 11.5 Å². The summed E-state index contributed by atoms with van der Waals surface area (Å²) in [5.41, 5.74) is 1.32. The Labute approximate surface area is 172 Å². The first-order chi connectivity index (χ1) is 14.3. The van der Waals surface area contributed by atoms with Gasteiger partial charge in [-0.2, -0.15) is 4.98 Å². The van der Waals surface area contributed by atoms with Crippen LogP contribution in [0.2, 0.25) is 0 Å². The number of carbonyl (C=O) groups excluding carboxylic acids is 1. The minimum atomic E-state index is -0.485. The standard InChI is InChI=1S/C20H20N4O6/c1-12-9-13(5-8-16(12)24(26)27)20(25)23(2)11-18-21-19(22-30-18)15-7-6-14(28-3)10-17(15)29-4/h5-10H,11H2,1-4H3. The van der Waals surface area contributed by atoms with Crippen LogP contribution in [0, 0.1) is 17.0 Å². The van der Waals surface area contributed by atoms with E-state index in [1.165, 1.54) is 30.2 Å². The van der Waals surface area contributed by atoms with Gasteiger partial charge in [0.05, 0.1) is 31.3 Å². The molecule has 2 aromatic carbocycles. The molecule has 0 bridgehead atoms. The average molecular weight is 412 g/mol. The lowest BCUT2D eigenvalue weighted by Crippen LogP contribution is -2.26. The highest BCUT2D eigenvalue weighted by molar-refractivity contribution is 5.94. The molecular formula is C20H20N4O6. The fourth-order valence-corrected chi connectivity index (χ4v) is 2.90. The summed E-state index contributed by atoms with van der Waals surface area (Å²) in [4.78, 5) is 28.8. The van der Waals surface area contributed by atoms with E-state index in [9.17, 15) is 14.9 Å². The van der Waals surface area contributed by atoms with Crippen LogP contribution in [0.1, 0.15) is 21.8 Å². The Morgan fingerprint density at radius 2 is 1.97 bits per heavy atom.